The molecule has 0 aliphatic heterocycles. The van der Waals surface area contributed by atoms with Crippen LogP contribution in [0.1, 0.15) is 22.4 Å². The van der Waals surface area contributed by atoms with Crippen LogP contribution in [0.3, 0.4) is 0 Å². The number of aromatic nitrogens is 1. The van der Waals surface area contributed by atoms with Crippen molar-refractivity contribution in [1.29, 1.82) is 0 Å². The molecule has 0 bridgehead atoms. The lowest BCUT2D eigenvalue weighted by Crippen LogP contribution is -2.24. The van der Waals surface area contributed by atoms with Crippen molar-refractivity contribution in [2.45, 2.75) is 26.6 Å². The molecule has 2 nitrogen and oxygen atoms in total. The quantitative estimate of drug-likeness (QED) is 0.526. The van der Waals surface area contributed by atoms with E-state index >= 15 is 0 Å². The summed E-state index contributed by atoms with van der Waals surface area (Å²) in [6.45, 7) is 9.76. The van der Waals surface area contributed by atoms with Gasteiger partial charge in [-0.3, -0.25) is 4.90 Å². The SMILES string of the molecule is C=CCN(Cc1ccccc1C)Cc1cccn1Cc1ccccc1. The summed E-state index contributed by atoms with van der Waals surface area (Å²) in [7, 11) is 0. The van der Waals surface area contributed by atoms with E-state index in [2.05, 4.69) is 95.9 Å². The summed E-state index contributed by atoms with van der Waals surface area (Å²) >= 11 is 0. The normalized spacial score (nSPS) is 11.0. The molecule has 2 aromatic carbocycles. The van der Waals surface area contributed by atoms with Crippen molar-refractivity contribution < 1.29 is 0 Å². The summed E-state index contributed by atoms with van der Waals surface area (Å²) in [5.74, 6) is 0. The van der Waals surface area contributed by atoms with Gasteiger partial charge in [-0.2, -0.15) is 0 Å². The van der Waals surface area contributed by atoms with E-state index in [-0.39, 0.29) is 0 Å². The van der Waals surface area contributed by atoms with E-state index in [4.69, 9.17) is 0 Å². The van der Waals surface area contributed by atoms with Crippen LogP contribution in [-0.2, 0) is 19.6 Å². The highest BCUT2D eigenvalue weighted by molar-refractivity contribution is 5.25. The highest BCUT2D eigenvalue weighted by Crippen LogP contribution is 2.15. The third-order valence-corrected chi connectivity index (χ3v) is 4.55. The maximum atomic E-state index is 3.94. The first-order valence-electron chi connectivity index (χ1n) is 8.82. The third kappa shape index (κ3) is 4.71. The van der Waals surface area contributed by atoms with Crippen LogP contribution in [0.4, 0.5) is 0 Å². The molecular formula is C23H26N2. The number of hydrogen-bond acceptors (Lipinski definition) is 1. The zero-order valence-corrected chi connectivity index (χ0v) is 14.9. The molecule has 1 aromatic heterocycles. The van der Waals surface area contributed by atoms with Gasteiger partial charge in [0.15, 0.2) is 0 Å². The van der Waals surface area contributed by atoms with Gasteiger partial charge in [0.25, 0.3) is 0 Å². The minimum absolute atomic E-state index is 0.880. The molecule has 128 valence electrons. The molecule has 0 atom stereocenters. The monoisotopic (exact) mass is 330 g/mol. The zero-order chi connectivity index (χ0) is 17.5. The van der Waals surface area contributed by atoms with Crippen molar-refractivity contribution in [1.82, 2.24) is 9.47 Å². The summed E-state index contributed by atoms with van der Waals surface area (Å²) in [5.41, 5.74) is 5.38. The molecular weight excluding hydrogens is 304 g/mol. The van der Waals surface area contributed by atoms with Gasteiger partial charge in [0, 0.05) is 38.1 Å². The average Bonchev–Trinajstić information content (AvgIpc) is 3.05. The van der Waals surface area contributed by atoms with Gasteiger partial charge in [0.1, 0.15) is 0 Å². The summed E-state index contributed by atoms with van der Waals surface area (Å²) in [5, 5.41) is 0. The van der Waals surface area contributed by atoms with Crippen molar-refractivity contribution in [3.8, 4) is 0 Å². The van der Waals surface area contributed by atoms with Gasteiger partial charge in [-0.05, 0) is 35.7 Å². The van der Waals surface area contributed by atoms with Gasteiger partial charge >= 0.3 is 0 Å². The van der Waals surface area contributed by atoms with Gasteiger partial charge in [0.2, 0.25) is 0 Å². The number of hydrogen-bond donors (Lipinski definition) is 0. The topological polar surface area (TPSA) is 8.17 Å². The second-order valence-corrected chi connectivity index (χ2v) is 6.50. The summed E-state index contributed by atoms with van der Waals surface area (Å²) in [6, 6.07) is 23.6. The Morgan fingerprint density at radius 2 is 1.68 bits per heavy atom. The highest BCUT2D eigenvalue weighted by atomic mass is 15.1. The molecule has 0 fully saturated rings. The number of rotatable bonds is 8. The minimum Gasteiger partial charge on any atom is -0.346 e. The van der Waals surface area contributed by atoms with E-state index in [0.29, 0.717) is 0 Å². The van der Waals surface area contributed by atoms with Crippen LogP contribution >= 0.6 is 0 Å². The molecule has 3 rings (SSSR count). The average molecular weight is 330 g/mol. The third-order valence-electron chi connectivity index (χ3n) is 4.55. The molecule has 0 spiro atoms. The largest absolute Gasteiger partial charge is 0.346 e. The molecule has 0 saturated carbocycles. The Bertz CT molecular complexity index is 802. The van der Waals surface area contributed by atoms with Gasteiger partial charge in [-0.1, -0.05) is 60.7 Å². The predicted molar refractivity (Wildman–Crippen MR) is 105 cm³/mol. The van der Waals surface area contributed by atoms with Crippen molar-refractivity contribution in [2.75, 3.05) is 6.54 Å². The summed E-state index contributed by atoms with van der Waals surface area (Å²) < 4.78 is 2.34. The predicted octanol–water partition coefficient (Wildman–Crippen LogP) is 5.03. The molecule has 2 heteroatoms. The van der Waals surface area contributed by atoms with Crippen LogP contribution in [0, 0.1) is 6.92 Å². The van der Waals surface area contributed by atoms with E-state index in [1.165, 1.54) is 22.4 Å². The molecule has 1 heterocycles. The first kappa shape index (κ1) is 17.2. The Balaban J connectivity index is 1.73. The highest BCUT2D eigenvalue weighted by Gasteiger charge is 2.10. The standard InChI is InChI=1S/C23H26N2/c1-3-15-24(18-22-13-8-7-10-20(22)2)19-23-14-9-16-25(23)17-21-11-5-4-6-12-21/h3-14,16H,1,15,17-19H2,2H3. The van der Waals surface area contributed by atoms with E-state index < -0.39 is 0 Å². The van der Waals surface area contributed by atoms with Crippen molar-refractivity contribution in [3.63, 3.8) is 0 Å². The van der Waals surface area contributed by atoms with Gasteiger partial charge < -0.3 is 4.57 Å². The van der Waals surface area contributed by atoms with Crippen LogP contribution in [0.2, 0.25) is 0 Å². The van der Waals surface area contributed by atoms with E-state index in [9.17, 15) is 0 Å². The lowest BCUT2D eigenvalue weighted by atomic mass is 10.1. The molecule has 0 saturated heterocycles. The van der Waals surface area contributed by atoms with Crippen LogP contribution in [0.25, 0.3) is 0 Å². The summed E-state index contributed by atoms with van der Waals surface area (Å²) in [6.07, 6.45) is 4.16. The van der Waals surface area contributed by atoms with Gasteiger partial charge in [0.05, 0.1) is 0 Å². The van der Waals surface area contributed by atoms with Crippen LogP contribution < -0.4 is 0 Å². The number of benzene rings is 2. The Kier molecular flexibility index (Phi) is 5.86. The Morgan fingerprint density at radius 3 is 2.44 bits per heavy atom. The van der Waals surface area contributed by atoms with Crippen molar-refractivity contribution in [2.24, 2.45) is 0 Å². The zero-order valence-electron chi connectivity index (χ0n) is 14.9. The first-order chi connectivity index (χ1) is 12.3. The van der Waals surface area contributed by atoms with Crippen LogP contribution in [-0.4, -0.2) is 16.0 Å². The number of aryl methyl sites for hydroxylation is 1. The summed E-state index contributed by atoms with van der Waals surface area (Å²) in [4.78, 5) is 2.44. The van der Waals surface area contributed by atoms with E-state index in [0.717, 1.165) is 26.2 Å². The second-order valence-electron chi connectivity index (χ2n) is 6.50. The maximum Gasteiger partial charge on any atom is 0.0473 e. The smallest absolute Gasteiger partial charge is 0.0473 e. The molecule has 0 aliphatic carbocycles. The maximum absolute atomic E-state index is 3.94. The fourth-order valence-corrected chi connectivity index (χ4v) is 3.15. The minimum atomic E-state index is 0.880. The lowest BCUT2D eigenvalue weighted by molar-refractivity contribution is 0.278. The van der Waals surface area contributed by atoms with Crippen molar-refractivity contribution >= 4 is 0 Å². The van der Waals surface area contributed by atoms with Crippen LogP contribution in [0.15, 0.2) is 85.6 Å². The Morgan fingerprint density at radius 1 is 0.920 bits per heavy atom. The molecule has 0 aliphatic rings. The molecule has 0 amide bonds. The van der Waals surface area contributed by atoms with Crippen molar-refractivity contribution in [3.05, 3.63) is 108 Å². The second kappa shape index (κ2) is 8.50. The van der Waals surface area contributed by atoms with E-state index in [1.54, 1.807) is 0 Å². The Hall–Kier alpha value is -2.58. The van der Waals surface area contributed by atoms with Gasteiger partial charge in [-0.25, -0.2) is 0 Å². The van der Waals surface area contributed by atoms with Crippen LogP contribution in [0.5, 0.6) is 0 Å². The fraction of sp³-hybridized carbons (Fsp3) is 0.217. The lowest BCUT2D eigenvalue weighted by Gasteiger charge is -2.23. The van der Waals surface area contributed by atoms with E-state index in [1.807, 2.05) is 6.08 Å². The first-order valence-corrected chi connectivity index (χ1v) is 8.82. The molecule has 3 aromatic rings. The molecule has 0 N–H and O–H groups in total. The van der Waals surface area contributed by atoms with Gasteiger partial charge in [-0.15, -0.1) is 6.58 Å². The Labute approximate surface area is 151 Å². The number of nitrogens with zero attached hydrogens (tertiary/aromatic N) is 2. The molecule has 0 radical (unpaired) electrons. The molecule has 25 heavy (non-hydrogen) atoms. The fourth-order valence-electron chi connectivity index (χ4n) is 3.15. The molecule has 0 unspecified atom stereocenters.